The van der Waals surface area contributed by atoms with Crippen LogP contribution in [0.4, 0.5) is 0 Å². The van der Waals surface area contributed by atoms with Crippen LogP contribution in [0.2, 0.25) is 0 Å². The van der Waals surface area contributed by atoms with Crippen LogP contribution in [0.1, 0.15) is 48.8 Å². The highest BCUT2D eigenvalue weighted by atomic mass is 32.1. The predicted octanol–water partition coefficient (Wildman–Crippen LogP) is 4.36. The Hall–Kier alpha value is -2.01. The molecule has 2 aromatic heterocycles. The Morgan fingerprint density at radius 3 is 2.77 bits per heavy atom. The molecule has 4 nitrogen and oxygen atoms in total. The topological polar surface area (TPSA) is 47.8 Å². The molecular weight excluding hydrogens is 342 g/mol. The van der Waals surface area contributed by atoms with Gasteiger partial charge in [-0.3, -0.25) is 4.79 Å². The number of rotatable bonds is 2. The van der Waals surface area contributed by atoms with Crippen molar-refractivity contribution in [2.45, 2.75) is 53.5 Å². The summed E-state index contributed by atoms with van der Waals surface area (Å²) in [7, 11) is 0. The number of aryl methyl sites for hydroxylation is 2. The molecule has 0 amide bonds. The molecule has 4 rings (SSSR count). The zero-order chi connectivity index (χ0) is 18.5. The van der Waals surface area contributed by atoms with E-state index in [4.69, 9.17) is 0 Å². The van der Waals surface area contributed by atoms with Crippen molar-refractivity contribution in [2.75, 3.05) is 0 Å². The minimum Gasteiger partial charge on any atom is -0.267 e. The van der Waals surface area contributed by atoms with Gasteiger partial charge in [0.2, 0.25) is 0 Å². The average Bonchev–Trinajstić information content (AvgIpc) is 2.97. The molecule has 136 valence electrons. The van der Waals surface area contributed by atoms with E-state index in [9.17, 15) is 4.79 Å². The van der Waals surface area contributed by atoms with E-state index >= 15 is 0 Å². The van der Waals surface area contributed by atoms with Crippen molar-refractivity contribution < 1.29 is 0 Å². The second-order valence-corrected chi connectivity index (χ2v) is 9.55. The van der Waals surface area contributed by atoms with Crippen LogP contribution < -0.4 is 5.56 Å². The third-order valence-electron chi connectivity index (χ3n) is 5.74. The van der Waals surface area contributed by atoms with Gasteiger partial charge in [0.1, 0.15) is 0 Å². The maximum Gasteiger partial charge on any atom is 0.279 e. The van der Waals surface area contributed by atoms with Crippen LogP contribution in [0.25, 0.3) is 10.2 Å². The molecule has 26 heavy (non-hydrogen) atoms. The molecule has 0 spiro atoms. The molecule has 0 bridgehead atoms. The van der Waals surface area contributed by atoms with Gasteiger partial charge in [-0.25, -0.2) is 4.68 Å². The van der Waals surface area contributed by atoms with Crippen molar-refractivity contribution in [1.29, 1.82) is 0 Å². The summed E-state index contributed by atoms with van der Waals surface area (Å²) >= 11 is 1.66. The Morgan fingerprint density at radius 2 is 2.04 bits per heavy atom. The lowest BCUT2D eigenvalue weighted by Gasteiger charge is -2.33. The fourth-order valence-electron chi connectivity index (χ4n) is 3.92. The van der Waals surface area contributed by atoms with E-state index in [0.29, 0.717) is 17.9 Å². The lowest BCUT2D eigenvalue weighted by molar-refractivity contribution is 0.218. The molecule has 0 radical (unpaired) electrons. The van der Waals surface area contributed by atoms with Crippen molar-refractivity contribution in [1.82, 2.24) is 15.0 Å². The Balaban J connectivity index is 1.75. The molecule has 0 N–H and O–H groups in total. The second kappa shape index (κ2) is 6.31. The van der Waals surface area contributed by atoms with Crippen LogP contribution in [-0.2, 0) is 19.4 Å². The molecule has 1 atom stereocenters. The molecule has 1 aromatic carbocycles. The van der Waals surface area contributed by atoms with Crippen LogP contribution in [0.15, 0.2) is 29.1 Å². The first-order valence-corrected chi connectivity index (χ1v) is 10.1. The summed E-state index contributed by atoms with van der Waals surface area (Å²) in [6, 6.07) is 8.12. The van der Waals surface area contributed by atoms with Crippen molar-refractivity contribution in [3.05, 3.63) is 56.2 Å². The summed E-state index contributed by atoms with van der Waals surface area (Å²) in [5.74, 6) is 0.658. The summed E-state index contributed by atoms with van der Waals surface area (Å²) in [6.07, 6.45) is 3.17. The SMILES string of the molecule is Cc1ccccc1Cn1nnc2sc3c(c2c1=O)CC[C@@H](C(C)(C)C)C3. The van der Waals surface area contributed by atoms with Crippen molar-refractivity contribution in [2.24, 2.45) is 11.3 Å². The normalized spacial score (nSPS) is 17.5. The van der Waals surface area contributed by atoms with E-state index in [0.717, 1.165) is 35.0 Å². The monoisotopic (exact) mass is 367 g/mol. The number of fused-ring (bicyclic) bond motifs is 3. The van der Waals surface area contributed by atoms with Crippen LogP contribution in [0, 0.1) is 18.3 Å². The Morgan fingerprint density at radius 1 is 1.27 bits per heavy atom. The fraction of sp³-hybridized carbons (Fsp3) is 0.476. The third-order valence-corrected chi connectivity index (χ3v) is 6.88. The highest BCUT2D eigenvalue weighted by Crippen LogP contribution is 2.41. The minimum absolute atomic E-state index is 0.00459. The number of aromatic nitrogens is 3. The van der Waals surface area contributed by atoms with Gasteiger partial charge in [-0.05, 0) is 54.2 Å². The summed E-state index contributed by atoms with van der Waals surface area (Å²) < 4.78 is 1.52. The van der Waals surface area contributed by atoms with E-state index in [1.165, 1.54) is 20.7 Å². The zero-order valence-corrected chi connectivity index (χ0v) is 16.7. The minimum atomic E-state index is 0.00459. The smallest absolute Gasteiger partial charge is 0.267 e. The van der Waals surface area contributed by atoms with E-state index in [-0.39, 0.29) is 5.56 Å². The number of hydrogen-bond donors (Lipinski definition) is 0. The molecule has 0 fully saturated rings. The van der Waals surface area contributed by atoms with Crippen molar-refractivity contribution in [3.63, 3.8) is 0 Å². The van der Waals surface area contributed by atoms with Gasteiger partial charge in [0.25, 0.3) is 5.56 Å². The first-order chi connectivity index (χ1) is 12.3. The van der Waals surface area contributed by atoms with Crippen LogP contribution >= 0.6 is 11.3 Å². The maximum absolute atomic E-state index is 13.1. The molecule has 0 unspecified atom stereocenters. The molecule has 1 aliphatic rings. The lowest BCUT2D eigenvalue weighted by Crippen LogP contribution is -2.28. The van der Waals surface area contributed by atoms with Crippen LogP contribution in [0.3, 0.4) is 0 Å². The van der Waals surface area contributed by atoms with E-state index < -0.39 is 0 Å². The van der Waals surface area contributed by atoms with Gasteiger partial charge in [-0.15, -0.1) is 16.4 Å². The second-order valence-electron chi connectivity index (χ2n) is 8.47. The highest BCUT2D eigenvalue weighted by Gasteiger charge is 2.31. The summed E-state index contributed by atoms with van der Waals surface area (Å²) in [5, 5.41) is 9.42. The van der Waals surface area contributed by atoms with Gasteiger partial charge >= 0.3 is 0 Å². The van der Waals surface area contributed by atoms with E-state index in [1.54, 1.807) is 11.3 Å². The average molecular weight is 368 g/mol. The van der Waals surface area contributed by atoms with Gasteiger partial charge in [0.15, 0.2) is 4.83 Å². The quantitative estimate of drug-likeness (QED) is 0.676. The molecule has 0 saturated carbocycles. The van der Waals surface area contributed by atoms with Gasteiger partial charge in [0, 0.05) is 4.88 Å². The molecule has 0 saturated heterocycles. The molecule has 5 heteroatoms. The van der Waals surface area contributed by atoms with Gasteiger partial charge in [0.05, 0.1) is 11.9 Å². The fourth-order valence-corrected chi connectivity index (χ4v) is 5.15. The summed E-state index contributed by atoms with van der Waals surface area (Å²) in [5.41, 5.74) is 3.81. The highest BCUT2D eigenvalue weighted by molar-refractivity contribution is 7.18. The molecule has 1 aliphatic carbocycles. The number of hydrogen-bond acceptors (Lipinski definition) is 4. The Bertz CT molecular complexity index is 1030. The lowest BCUT2D eigenvalue weighted by atomic mass is 9.72. The van der Waals surface area contributed by atoms with E-state index in [2.05, 4.69) is 44.1 Å². The number of nitrogens with zero attached hydrogens (tertiary/aromatic N) is 3. The number of thiophene rings is 1. The predicted molar refractivity (Wildman–Crippen MR) is 107 cm³/mol. The standard InChI is InChI=1S/C21H25N3OS/c1-13-7-5-6-8-14(13)12-24-20(25)18-16-10-9-15(21(2,3)4)11-17(16)26-19(18)22-23-24/h5-8,15H,9-12H2,1-4H3/t15-/m1/s1. The Kier molecular flexibility index (Phi) is 4.22. The van der Waals surface area contributed by atoms with Gasteiger partial charge < -0.3 is 0 Å². The largest absolute Gasteiger partial charge is 0.279 e. The zero-order valence-electron chi connectivity index (χ0n) is 15.9. The van der Waals surface area contributed by atoms with Crippen LogP contribution in [-0.4, -0.2) is 15.0 Å². The Labute approximate surface area is 157 Å². The molecule has 0 aliphatic heterocycles. The maximum atomic E-state index is 13.1. The molecule has 3 aromatic rings. The van der Waals surface area contributed by atoms with Gasteiger partial charge in [-0.2, -0.15) is 0 Å². The summed E-state index contributed by atoms with van der Waals surface area (Å²) in [6.45, 7) is 9.47. The summed E-state index contributed by atoms with van der Waals surface area (Å²) in [4.78, 5) is 15.3. The van der Waals surface area contributed by atoms with E-state index in [1.807, 2.05) is 18.2 Å². The van der Waals surface area contributed by atoms with Gasteiger partial charge in [-0.1, -0.05) is 50.3 Å². The number of benzene rings is 1. The molecule has 2 heterocycles. The molecular formula is C21H25N3OS. The first kappa shape index (κ1) is 17.4. The van der Waals surface area contributed by atoms with Crippen LogP contribution in [0.5, 0.6) is 0 Å². The van der Waals surface area contributed by atoms with Crippen molar-refractivity contribution >= 4 is 21.6 Å². The first-order valence-electron chi connectivity index (χ1n) is 9.27. The van der Waals surface area contributed by atoms with Crippen molar-refractivity contribution in [3.8, 4) is 0 Å². The third kappa shape index (κ3) is 2.98.